The van der Waals surface area contributed by atoms with Crippen molar-refractivity contribution >= 4 is 22.9 Å². The second kappa shape index (κ2) is 10.9. The Morgan fingerprint density at radius 3 is 2.29 bits per heavy atom. The largest absolute Gasteiger partial charge is 0.383 e. The van der Waals surface area contributed by atoms with Crippen molar-refractivity contribution in [3.63, 3.8) is 0 Å². The average Bonchev–Trinajstić information content (AvgIpc) is 2.94. The first-order valence-corrected chi connectivity index (χ1v) is 12.6. The third-order valence-corrected chi connectivity index (χ3v) is 7.30. The Hall–Kier alpha value is -3.35. The molecule has 2 aliphatic heterocycles. The van der Waals surface area contributed by atoms with Gasteiger partial charge in [0.1, 0.15) is 5.82 Å². The summed E-state index contributed by atoms with van der Waals surface area (Å²) < 4.78 is 5.78. The number of pyridine rings is 1. The Bertz CT molecular complexity index is 1090. The minimum Gasteiger partial charge on any atom is -0.383 e. The first-order valence-electron chi connectivity index (χ1n) is 12.6. The number of anilines is 3. The molecule has 2 N–H and O–H groups in total. The summed E-state index contributed by atoms with van der Waals surface area (Å²) in [5.41, 5.74) is 4.28. The summed E-state index contributed by atoms with van der Waals surface area (Å²) in [4.78, 5) is 9.76. The number of aromatic nitrogens is 1. The van der Waals surface area contributed by atoms with Crippen LogP contribution in [0.2, 0.25) is 0 Å². The smallest absolute Gasteiger partial charge is 0.139 e. The number of hydrogen-bond donors (Lipinski definition) is 2. The minimum absolute atomic E-state index is 0.0686. The predicted octanol–water partition coefficient (Wildman–Crippen LogP) is 4.76. The molecule has 0 atom stereocenters. The lowest BCUT2D eigenvalue weighted by molar-refractivity contribution is -0.0287. The second-order valence-corrected chi connectivity index (χ2v) is 9.37. The normalized spacial score (nSPS) is 18.1. The topological polar surface area (TPSA) is 52.7 Å². The zero-order valence-corrected chi connectivity index (χ0v) is 20.3. The summed E-state index contributed by atoms with van der Waals surface area (Å²) in [6, 6.07) is 24.9. The van der Waals surface area contributed by atoms with E-state index < -0.39 is 0 Å². The van der Waals surface area contributed by atoms with Crippen LogP contribution in [0.1, 0.15) is 18.4 Å². The van der Waals surface area contributed by atoms with Crippen molar-refractivity contribution in [2.24, 2.45) is 0 Å². The molecule has 3 aromatic rings. The van der Waals surface area contributed by atoms with Crippen LogP contribution in [0.5, 0.6) is 0 Å². The summed E-state index contributed by atoms with van der Waals surface area (Å²) in [6.45, 7) is 11.0. The third-order valence-electron chi connectivity index (χ3n) is 7.30. The van der Waals surface area contributed by atoms with Crippen LogP contribution in [0.25, 0.3) is 5.70 Å². The van der Waals surface area contributed by atoms with Crippen LogP contribution < -0.4 is 15.5 Å². The van der Waals surface area contributed by atoms with Crippen LogP contribution in [0.4, 0.5) is 17.2 Å². The van der Waals surface area contributed by atoms with E-state index in [1.165, 1.54) is 5.69 Å². The molecule has 182 valence electrons. The maximum Gasteiger partial charge on any atom is 0.139 e. The van der Waals surface area contributed by atoms with Crippen molar-refractivity contribution in [3.05, 3.63) is 91.1 Å². The Morgan fingerprint density at radius 2 is 1.57 bits per heavy atom. The highest BCUT2D eigenvalue weighted by atomic mass is 16.5. The molecule has 2 saturated heterocycles. The van der Waals surface area contributed by atoms with Gasteiger partial charge in [0, 0.05) is 80.3 Å². The van der Waals surface area contributed by atoms with Crippen LogP contribution in [0, 0.1) is 0 Å². The maximum atomic E-state index is 5.78. The number of piperazine rings is 1. The van der Waals surface area contributed by atoms with Crippen molar-refractivity contribution in [2.45, 2.75) is 18.4 Å². The summed E-state index contributed by atoms with van der Waals surface area (Å²) in [7, 11) is 0. The zero-order valence-electron chi connectivity index (χ0n) is 20.3. The number of benzene rings is 2. The lowest BCUT2D eigenvalue weighted by Crippen LogP contribution is -2.62. The molecule has 35 heavy (non-hydrogen) atoms. The lowest BCUT2D eigenvalue weighted by Gasteiger charge is -2.50. The van der Waals surface area contributed by atoms with E-state index in [0.717, 1.165) is 81.5 Å². The fraction of sp³-hybridized carbons (Fsp3) is 0.345. The molecule has 0 saturated carbocycles. The van der Waals surface area contributed by atoms with Gasteiger partial charge in [0.15, 0.2) is 0 Å². The van der Waals surface area contributed by atoms with E-state index in [1.54, 1.807) is 0 Å². The molecule has 0 amide bonds. The van der Waals surface area contributed by atoms with E-state index in [1.807, 2.05) is 42.6 Å². The van der Waals surface area contributed by atoms with Gasteiger partial charge < -0.3 is 20.3 Å². The van der Waals surface area contributed by atoms with Crippen molar-refractivity contribution in [2.75, 3.05) is 56.2 Å². The van der Waals surface area contributed by atoms with Crippen LogP contribution in [-0.4, -0.2) is 61.4 Å². The van der Waals surface area contributed by atoms with E-state index in [2.05, 4.69) is 68.4 Å². The Morgan fingerprint density at radius 1 is 0.886 bits per heavy atom. The fourth-order valence-electron chi connectivity index (χ4n) is 5.21. The highest BCUT2D eigenvalue weighted by Crippen LogP contribution is 2.31. The first-order chi connectivity index (χ1) is 17.2. The molecule has 0 bridgehead atoms. The molecule has 2 aliphatic rings. The average molecular weight is 470 g/mol. The van der Waals surface area contributed by atoms with E-state index in [0.29, 0.717) is 0 Å². The molecule has 2 fully saturated rings. The van der Waals surface area contributed by atoms with Gasteiger partial charge in [0.25, 0.3) is 0 Å². The monoisotopic (exact) mass is 469 g/mol. The van der Waals surface area contributed by atoms with Gasteiger partial charge in [-0.1, -0.05) is 43.0 Å². The second-order valence-electron chi connectivity index (χ2n) is 9.37. The molecule has 0 spiro atoms. The van der Waals surface area contributed by atoms with Crippen LogP contribution >= 0.6 is 0 Å². The van der Waals surface area contributed by atoms with Gasteiger partial charge in [-0.25, -0.2) is 4.98 Å². The summed E-state index contributed by atoms with van der Waals surface area (Å²) >= 11 is 0. The van der Waals surface area contributed by atoms with Gasteiger partial charge >= 0.3 is 0 Å². The Balaban J connectivity index is 1.26. The predicted molar refractivity (Wildman–Crippen MR) is 144 cm³/mol. The number of nitrogens with one attached hydrogen (secondary N) is 2. The van der Waals surface area contributed by atoms with Gasteiger partial charge in [-0.3, -0.25) is 4.90 Å². The van der Waals surface area contributed by atoms with Gasteiger partial charge in [0.2, 0.25) is 0 Å². The number of para-hydroxylation sites is 2. The maximum absolute atomic E-state index is 5.78. The SMILES string of the molecule is C=C(NCC1(N2CCN(c3ccccc3)CC2)CCOCC1)c1cccnc1Nc1ccccc1. The molecular formula is C29H35N5O. The zero-order chi connectivity index (χ0) is 23.9. The minimum atomic E-state index is 0.0686. The van der Waals surface area contributed by atoms with Crippen LogP contribution in [0.15, 0.2) is 85.6 Å². The van der Waals surface area contributed by atoms with Crippen LogP contribution in [0.3, 0.4) is 0 Å². The number of hydrogen-bond acceptors (Lipinski definition) is 6. The molecule has 6 nitrogen and oxygen atoms in total. The molecule has 6 heteroatoms. The van der Waals surface area contributed by atoms with E-state index in [-0.39, 0.29) is 5.54 Å². The van der Waals surface area contributed by atoms with Crippen molar-refractivity contribution < 1.29 is 4.74 Å². The van der Waals surface area contributed by atoms with E-state index in [9.17, 15) is 0 Å². The fourth-order valence-corrected chi connectivity index (χ4v) is 5.21. The Labute approximate surface area is 208 Å². The molecule has 0 aliphatic carbocycles. The molecule has 0 radical (unpaired) electrons. The van der Waals surface area contributed by atoms with Crippen molar-refractivity contribution in [3.8, 4) is 0 Å². The molecule has 1 aromatic heterocycles. The first kappa shape index (κ1) is 23.4. The number of rotatable bonds is 8. The summed E-state index contributed by atoms with van der Waals surface area (Å²) in [5, 5.41) is 7.13. The molecule has 5 rings (SSSR count). The highest BCUT2D eigenvalue weighted by molar-refractivity contribution is 5.74. The van der Waals surface area contributed by atoms with Crippen LogP contribution in [-0.2, 0) is 4.74 Å². The number of nitrogens with zero attached hydrogens (tertiary/aromatic N) is 3. The lowest BCUT2D eigenvalue weighted by atomic mass is 9.86. The highest BCUT2D eigenvalue weighted by Gasteiger charge is 2.40. The van der Waals surface area contributed by atoms with Crippen molar-refractivity contribution in [1.82, 2.24) is 15.2 Å². The summed E-state index contributed by atoms with van der Waals surface area (Å²) in [6.07, 6.45) is 3.87. The van der Waals surface area contributed by atoms with Gasteiger partial charge in [-0.15, -0.1) is 0 Å². The van der Waals surface area contributed by atoms with Crippen molar-refractivity contribution in [1.29, 1.82) is 0 Å². The number of ether oxygens (including phenoxy) is 1. The molecule has 3 heterocycles. The quantitative estimate of drug-likeness (QED) is 0.496. The Kier molecular flexibility index (Phi) is 7.31. The molecule has 2 aromatic carbocycles. The molecule has 0 unspecified atom stereocenters. The molecular weight excluding hydrogens is 434 g/mol. The van der Waals surface area contributed by atoms with E-state index >= 15 is 0 Å². The van der Waals surface area contributed by atoms with Gasteiger partial charge in [-0.05, 0) is 49.2 Å². The van der Waals surface area contributed by atoms with Gasteiger partial charge in [0.05, 0.1) is 0 Å². The summed E-state index contributed by atoms with van der Waals surface area (Å²) in [5.74, 6) is 0.814. The van der Waals surface area contributed by atoms with E-state index in [4.69, 9.17) is 4.74 Å². The standard InChI is InChI=1S/C29H35N5O/c1-24(27-13-8-16-30-28(27)32-25-9-4-2-5-10-25)31-23-29(14-21-35-22-15-29)34-19-17-33(18-20-34)26-11-6-3-7-12-26/h2-13,16,31H,1,14-15,17-23H2,(H,30,32). The third kappa shape index (κ3) is 5.50. The van der Waals surface area contributed by atoms with Gasteiger partial charge in [-0.2, -0.15) is 0 Å².